The summed E-state index contributed by atoms with van der Waals surface area (Å²) in [6.45, 7) is 0. The molecule has 0 saturated carbocycles. The van der Waals surface area contributed by atoms with Gasteiger partial charge in [0.05, 0.1) is 7.11 Å². The van der Waals surface area contributed by atoms with Gasteiger partial charge >= 0.3 is 0 Å². The Morgan fingerprint density at radius 3 is 2.34 bits per heavy atom. The van der Waals surface area contributed by atoms with E-state index >= 15 is 0 Å². The number of methoxy groups -OCH3 is 1. The number of hydrogen-bond donors (Lipinski definition) is 2. The van der Waals surface area contributed by atoms with Crippen LogP contribution in [0, 0.1) is 0 Å². The first-order chi connectivity index (χ1) is 15.6. The number of hydrogen-bond acceptors (Lipinski definition) is 3. The van der Waals surface area contributed by atoms with E-state index in [1.807, 2.05) is 48.5 Å². The third-order valence-electron chi connectivity index (χ3n) is 4.98. The van der Waals surface area contributed by atoms with Crippen molar-refractivity contribution in [3.63, 3.8) is 0 Å². The van der Waals surface area contributed by atoms with E-state index in [1.54, 1.807) is 61.7 Å². The minimum absolute atomic E-state index is 0.137. The summed E-state index contributed by atoms with van der Waals surface area (Å²) in [6, 6.07) is 29.6. The third kappa shape index (κ3) is 4.84. The van der Waals surface area contributed by atoms with E-state index in [2.05, 4.69) is 10.6 Å². The number of anilines is 1. The summed E-state index contributed by atoms with van der Waals surface area (Å²) in [5.74, 6) is -0.177. The van der Waals surface area contributed by atoms with Crippen LogP contribution in [-0.4, -0.2) is 18.9 Å². The molecule has 0 saturated heterocycles. The van der Waals surface area contributed by atoms with Gasteiger partial charge in [-0.3, -0.25) is 9.59 Å². The van der Waals surface area contributed by atoms with E-state index in [1.165, 1.54) is 0 Å². The van der Waals surface area contributed by atoms with Crippen LogP contribution in [0.15, 0.2) is 103 Å². The molecule has 0 radical (unpaired) electrons. The Hall–Kier alpha value is -4.38. The van der Waals surface area contributed by atoms with Crippen LogP contribution in [0.25, 0.3) is 16.8 Å². The summed E-state index contributed by atoms with van der Waals surface area (Å²) in [4.78, 5) is 26.0. The minimum atomic E-state index is -0.435. The molecule has 4 aromatic carbocycles. The fourth-order valence-corrected chi connectivity index (χ4v) is 3.37. The number of amides is 2. The van der Waals surface area contributed by atoms with Crippen molar-refractivity contribution >= 4 is 34.4 Å². The minimum Gasteiger partial charge on any atom is -0.497 e. The number of carbonyl (C=O) groups excluding carboxylic acids is 2. The van der Waals surface area contributed by atoms with Crippen molar-refractivity contribution in [1.82, 2.24) is 5.32 Å². The van der Waals surface area contributed by atoms with Gasteiger partial charge in [-0.15, -0.1) is 0 Å². The fourth-order valence-electron chi connectivity index (χ4n) is 3.37. The number of carbonyl (C=O) groups is 2. The molecule has 4 rings (SSSR count). The van der Waals surface area contributed by atoms with Gasteiger partial charge < -0.3 is 15.4 Å². The highest BCUT2D eigenvalue weighted by Gasteiger charge is 2.16. The Bertz CT molecular complexity index is 1290. The van der Waals surface area contributed by atoms with Crippen molar-refractivity contribution < 1.29 is 14.3 Å². The van der Waals surface area contributed by atoms with Crippen molar-refractivity contribution in [2.75, 3.05) is 12.4 Å². The van der Waals surface area contributed by atoms with E-state index in [4.69, 9.17) is 4.74 Å². The predicted octanol–water partition coefficient (Wildman–Crippen LogP) is 5.26. The molecular weight excluding hydrogens is 400 g/mol. The zero-order valence-electron chi connectivity index (χ0n) is 17.5. The van der Waals surface area contributed by atoms with Crippen molar-refractivity contribution in [3.8, 4) is 5.75 Å². The van der Waals surface area contributed by atoms with E-state index in [0.717, 1.165) is 16.3 Å². The molecule has 0 aliphatic heterocycles. The first kappa shape index (κ1) is 20.9. The number of nitrogens with one attached hydrogen (secondary N) is 2. The Balaban J connectivity index is 1.71. The standard InChI is InChI=1S/C27H22N2O3/c1-32-23-15-8-14-22(18-23)28-27(31)25(29-26(30)20-10-3-2-4-11-20)17-21-13-7-12-19-9-5-6-16-24(19)21/h2-18H,1H3,(H,28,31)(H,29,30)/b25-17-. The van der Waals surface area contributed by atoms with Gasteiger partial charge in [0.1, 0.15) is 11.4 Å². The van der Waals surface area contributed by atoms with Crippen LogP contribution >= 0.6 is 0 Å². The number of benzene rings is 4. The lowest BCUT2D eigenvalue weighted by molar-refractivity contribution is -0.113. The Morgan fingerprint density at radius 2 is 1.53 bits per heavy atom. The Kier molecular flexibility index (Phi) is 6.28. The molecule has 4 aromatic rings. The van der Waals surface area contributed by atoms with Crippen LogP contribution in [0.5, 0.6) is 5.75 Å². The first-order valence-electron chi connectivity index (χ1n) is 10.2. The molecule has 5 heteroatoms. The van der Waals surface area contributed by atoms with Crippen LogP contribution < -0.4 is 15.4 Å². The highest BCUT2D eigenvalue weighted by molar-refractivity contribution is 6.11. The maximum atomic E-state index is 13.2. The summed E-state index contributed by atoms with van der Waals surface area (Å²) in [5.41, 5.74) is 1.99. The molecule has 0 heterocycles. The normalized spacial score (nSPS) is 11.1. The largest absolute Gasteiger partial charge is 0.497 e. The molecule has 0 unspecified atom stereocenters. The van der Waals surface area contributed by atoms with Crippen LogP contribution in [0.1, 0.15) is 15.9 Å². The van der Waals surface area contributed by atoms with Gasteiger partial charge in [0.2, 0.25) is 0 Å². The maximum absolute atomic E-state index is 13.2. The molecule has 0 fully saturated rings. The Morgan fingerprint density at radius 1 is 0.812 bits per heavy atom. The maximum Gasteiger partial charge on any atom is 0.272 e. The van der Waals surface area contributed by atoms with Gasteiger partial charge in [-0.1, -0.05) is 66.7 Å². The highest BCUT2D eigenvalue weighted by atomic mass is 16.5. The average molecular weight is 422 g/mol. The lowest BCUT2D eigenvalue weighted by atomic mass is 10.0. The summed E-state index contributed by atoms with van der Waals surface area (Å²) >= 11 is 0. The molecular formula is C27H22N2O3. The zero-order valence-corrected chi connectivity index (χ0v) is 17.5. The molecule has 0 aromatic heterocycles. The lowest BCUT2D eigenvalue weighted by Crippen LogP contribution is -2.30. The molecule has 158 valence electrons. The number of ether oxygens (including phenoxy) is 1. The second kappa shape index (κ2) is 9.62. The molecule has 0 spiro atoms. The van der Waals surface area contributed by atoms with E-state index < -0.39 is 5.91 Å². The van der Waals surface area contributed by atoms with Crippen LogP contribution in [0.4, 0.5) is 5.69 Å². The third-order valence-corrected chi connectivity index (χ3v) is 4.98. The molecule has 2 N–H and O–H groups in total. The molecule has 0 aliphatic carbocycles. The van der Waals surface area contributed by atoms with Crippen LogP contribution in [-0.2, 0) is 4.79 Å². The van der Waals surface area contributed by atoms with Gasteiger partial charge in [0.25, 0.3) is 11.8 Å². The van der Waals surface area contributed by atoms with Crippen LogP contribution in [0.3, 0.4) is 0 Å². The van der Waals surface area contributed by atoms with Gasteiger partial charge in [-0.25, -0.2) is 0 Å². The fraction of sp³-hybridized carbons (Fsp3) is 0.0370. The monoisotopic (exact) mass is 422 g/mol. The molecule has 0 atom stereocenters. The Labute approximate surface area is 186 Å². The van der Waals surface area contributed by atoms with Gasteiger partial charge in [0, 0.05) is 17.3 Å². The molecule has 0 aliphatic rings. The molecule has 32 heavy (non-hydrogen) atoms. The molecule has 0 bridgehead atoms. The van der Waals surface area contributed by atoms with Gasteiger partial charge in [-0.2, -0.15) is 0 Å². The number of rotatable bonds is 6. The highest BCUT2D eigenvalue weighted by Crippen LogP contribution is 2.22. The average Bonchev–Trinajstić information content (AvgIpc) is 2.84. The smallest absolute Gasteiger partial charge is 0.272 e. The summed E-state index contributed by atoms with van der Waals surface area (Å²) in [5, 5.41) is 7.64. The van der Waals surface area contributed by atoms with Gasteiger partial charge in [-0.05, 0) is 46.7 Å². The quantitative estimate of drug-likeness (QED) is 0.417. The number of fused-ring (bicyclic) bond motifs is 1. The molecule has 5 nitrogen and oxygen atoms in total. The second-order valence-corrected chi connectivity index (χ2v) is 7.13. The van der Waals surface area contributed by atoms with Crippen LogP contribution in [0.2, 0.25) is 0 Å². The SMILES string of the molecule is COc1cccc(NC(=O)/C(=C/c2cccc3ccccc23)NC(=O)c2ccccc2)c1. The van der Waals surface area contributed by atoms with Crippen molar-refractivity contribution in [1.29, 1.82) is 0 Å². The lowest BCUT2D eigenvalue weighted by Gasteiger charge is -2.13. The van der Waals surface area contributed by atoms with E-state index in [9.17, 15) is 9.59 Å². The van der Waals surface area contributed by atoms with E-state index in [-0.39, 0.29) is 11.6 Å². The summed E-state index contributed by atoms with van der Waals surface area (Å²) in [7, 11) is 1.56. The molecule has 2 amide bonds. The van der Waals surface area contributed by atoms with Crippen molar-refractivity contribution in [2.24, 2.45) is 0 Å². The summed E-state index contributed by atoms with van der Waals surface area (Å²) < 4.78 is 5.23. The first-order valence-corrected chi connectivity index (χ1v) is 10.2. The zero-order chi connectivity index (χ0) is 22.3. The van der Waals surface area contributed by atoms with Crippen molar-refractivity contribution in [3.05, 3.63) is 114 Å². The second-order valence-electron chi connectivity index (χ2n) is 7.13. The van der Waals surface area contributed by atoms with Crippen molar-refractivity contribution in [2.45, 2.75) is 0 Å². The van der Waals surface area contributed by atoms with Gasteiger partial charge in [0.15, 0.2) is 0 Å². The predicted molar refractivity (Wildman–Crippen MR) is 127 cm³/mol. The van der Waals surface area contributed by atoms with E-state index in [0.29, 0.717) is 17.0 Å². The topological polar surface area (TPSA) is 67.4 Å². The summed E-state index contributed by atoms with van der Waals surface area (Å²) in [6.07, 6.45) is 1.69.